The third-order valence-electron chi connectivity index (χ3n) is 1.69. The summed E-state index contributed by atoms with van der Waals surface area (Å²) in [7, 11) is 3.63. The molecule has 1 heterocycles. The molecule has 0 atom stereocenters. The Morgan fingerprint density at radius 3 is 2.93 bits per heavy atom. The first-order valence-electron chi connectivity index (χ1n) is 4.39. The van der Waals surface area contributed by atoms with E-state index in [1.54, 1.807) is 23.2 Å². The molecular formula is C11H11N3O. The number of ketones is 1. The number of rotatable bonds is 3. The van der Waals surface area contributed by atoms with E-state index in [2.05, 4.69) is 4.98 Å². The topological polar surface area (TPSA) is 57.0 Å². The maximum atomic E-state index is 11.6. The van der Waals surface area contributed by atoms with Crippen LogP contribution < -0.4 is 0 Å². The van der Waals surface area contributed by atoms with Crippen molar-refractivity contribution in [2.45, 2.75) is 0 Å². The Bertz CT molecular complexity index is 430. The maximum absolute atomic E-state index is 11.6. The molecular weight excluding hydrogens is 190 g/mol. The first-order valence-corrected chi connectivity index (χ1v) is 4.39. The molecule has 0 aliphatic heterocycles. The lowest BCUT2D eigenvalue weighted by molar-refractivity contribution is 0.104. The first-order chi connectivity index (χ1) is 7.15. The van der Waals surface area contributed by atoms with E-state index in [-0.39, 0.29) is 11.5 Å². The Morgan fingerprint density at radius 1 is 1.60 bits per heavy atom. The van der Waals surface area contributed by atoms with E-state index in [9.17, 15) is 4.79 Å². The van der Waals surface area contributed by atoms with Crippen LogP contribution >= 0.6 is 0 Å². The number of carbonyl (C=O) groups is 1. The zero-order valence-corrected chi connectivity index (χ0v) is 8.64. The van der Waals surface area contributed by atoms with Gasteiger partial charge in [-0.25, -0.2) is 0 Å². The van der Waals surface area contributed by atoms with Gasteiger partial charge in [0.15, 0.2) is 0 Å². The molecule has 4 heteroatoms. The fraction of sp³-hybridized carbons (Fsp3) is 0.182. The number of allylic oxidation sites excluding steroid dienone is 1. The van der Waals surface area contributed by atoms with Crippen LogP contribution in [0.25, 0.3) is 0 Å². The van der Waals surface area contributed by atoms with Crippen LogP contribution in [0.2, 0.25) is 0 Å². The molecule has 0 fully saturated rings. The van der Waals surface area contributed by atoms with Crippen molar-refractivity contribution in [3.05, 3.63) is 41.9 Å². The number of hydrogen-bond acceptors (Lipinski definition) is 4. The predicted octanol–water partition coefficient (Wildman–Crippen LogP) is 1.21. The highest BCUT2D eigenvalue weighted by Crippen LogP contribution is 2.05. The highest BCUT2D eigenvalue weighted by Gasteiger charge is 2.08. The van der Waals surface area contributed by atoms with Crippen molar-refractivity contribution >= 4 is 5.78 Å². The van der Waals surface area contributed by atoms with Crippen LogP contribution in [-0.2, 0) is 0 Å². The van der Waals surface area contributed by atoms with Gasteiger partial charge in [-0.05, 0) is 12.1 Å². The fourth-order valence-corrected chi connectivity index (χ4v) is 0.988. The summed E-state index contributed by atoms with van der Waals surface area (Å²) in [4.78, 5) is 17.2. The molecule has 0 radical (unpaired) electrons. The van der Waals surface area contributed by atoms with Gasteiger partial charge in [0, 0.05) is 32.6 Å². The molecule has 0 unspecified atom stereocenters. The molecule has 0 saturated carbocycles. The van der Waals surface area contributed by atoms with Gasteiger partial charge in [-0.15, -0.1) is 0 Å². The lowest BCUT2D eigenvalue weighted by Crippen LogP contribution is -2.05. The minimum atomic E-state index is -0.263. The van der Waals surface area contributed by atoms with E-state index in [1.807, 2.05) is 20.2 Å². The summed E-state index contributed by atoms with van der Waals surface area (Å²) >= 11 is 0. The van der Waals surface area contributed by atoms with Gasteiger partial charge < -0.3 is 4.90 Å². The summed E-state index contributed by atoms with van der Waals surface area (Å²) in [6, 6.07) is 5.14. The Kier molecular flexibility index (Phi) is 3.58. The summed E-state index contributed by atoms with van der Waals surface area (Å²) in [6.45, 7) is 0. The van der Waals surface area contributed by atoms with Gasteiger partial charge in [0.2, 0.25) is 5.78 Å². The van der Waals surface area contributed by atoms with E-state index in [1.165, 1.54) is 12.3 Å². The summed E-state index contributed by atoms with van der Waals surface area (Å²) in [6.07, 6.45) is 4.51. The van der Waals surface area contributed by atoms with Gasteiger partial charge in [-0.1, -0.05) is 0 Å². The second-order valence-electron chi connectivity index (χ2n) is 3.15. The van der Waals surface area contributed by atoms with Gasteiger partial charge in [0.25, 0.3) is 0 Å². The van der Waals surface area contributed by atoms with Crippen molar-refractivity contribution in [3.63, 3.8) is 0 Å². The van der Waals surface area contributed by atoms with Crippen LogP contribution in [0.3, 0.4) is 0 Å². The number of aromatic nitrogens is 1. The normalized spacial score (nSPS) is 9.93. The molecule has 0 aliphatic rings. The van der Waals surface area contributed by atoms with Gasteiger partial charge in [-0.3, -0.25) is 9.78 Å². The first kappa shape index (κ1) is 10.9. The second kappa shape index (κ2) is 4.91. The summed E-state index contributed by atoms with van der Waals surface area (Å²) < 4.78 is 0. The van der Waals surface area contributed by atoms with Crippen molar-refractivity contribution in [2.24, 2.45) is 0 Å². The highest BCUT2D eigenvalue weighted by molar-refractivity contribution is 6.04. The number of nitriles is 1. The van der Waals surface area contributed by atoms with Gasteiger partial charge in [0.1, 0.15) is 11.8 Å². The van der Waals surface area contributed by atoms with Gasteiger partial charge >= 0.3 is 0 Å². The fourth-order valence-electron chi connectivity index (χ4n) is 0.988. The maximum Gasteiger partial charge on any atom is 0.206 e. The Balaban J connectivity index is 2.97. The number of carbonyl (C=O) groups excluding carboxylic acids is 1. The predicted molar refractivity (Wildman–Crippen MR) is 56.1 cm³/mol. The van der Waals surface area contributed by atoms with Crippen molar-refractivity contribution < 1.29 is 4.79 Å². The second-order valence-corrected chi connectivity index (χ2v) is 3.15. The molecule has 1 aromatic rings. The molecule has 1 rings (SSSR count). The summed E-state index contributed by atoms with van der Waals surface area (Å²) in [5.41, 5.74) is 0.490. The molecule has 0 N–H and O–H groups in total. The van der Waals surface area contributed by atoms with E-state index in [0.29, 0.717) is 5.56 Å². The van der Waals surface area contributed by atoms with Crippen LogP contribution in [0.1, 0.15) is 16.1 Å². The molecule has 15 heavy (non-hydrogen) atoms. The molecule has 0 aliphatic carbocycles. The average Bonchev–Trinajstić information content (AvgIpc) is 2.25. The molecule has 1 aromatic heterocycles. The standard InChI is InChI=1S/C11H11N3O/c1-14(2)7-5-10(15)11-9(8-12)4-3-6-13-11/h3-7H,1-2H3. The number of hydrogen-bond donors (Lipinski definition) is 0. The average molecular weight is 201 g/mol. The van der Waals surface area contributed by atoms with Crippen molar-refractivity contribution in [1.82, 2.24) is 9.88 Å². The van der Waals surface area contributed by atoms with Crippen LogP contribution in [-0.4, -0.2) is 29.8 Å². The zero-order valence-electron chi connectivity index (χ0n) is 8.64. The van der Waals surface area contributed by atoms with E-state index >= 15 is 0 Å². The van der Waals surface area contributed by atoms with Crippen molar-refractivity contribution in [1.29, 1.82) is 5.26 Å². The number of nitrogens with zero attached hydrogens (tertiary/aromatic N) is 3. The van der Waals surface area contributed by atoms with Crippen LogP contribution in [0, 0.1) is 11.3 Å². The largest absolute Gasteiger partial charge is 0.383 e. The van der Waals surface area contributed by atoms with Crippen LogP contribution in [0.4, 0.5) is 0 Å². The van der Waals surface area contributed by atoms with E-state index in [0.717, 1.165) is 0 Å². The monoisotopic (exact) mass is 201 g/mol. The van der Waals surface area contributed by atoms with Crippen LogP contribution in [0.15, 0.2) is 30.6 Å². The lowest BCUT2D eigenvalue weighted by atomic mass is 10.1. The van der Waals surface area contributed by atoms with Crippen molar-refractivity contribution in [3.8, 4) is 6.07 Å². The highest BCUT2D eigenvalue weighted by atomic mass is 16.1. The minimum Gasteiger partial charge on any atom is -0.383 e. The molecule has 0 aromatic carbocycles. The minimum absolute atomic E-state index is 0.193. The molecule has 0 amide bonds. The Morgan fingerprint density at radius 2 is 2.33 bits per heavy atom. The van der Waals surface area contributed by atoms with Crippen molar-refractivity contribution in [2.75, 3.05) is 14.1 Å². The number of pyridine rings is 1. The molecule has 0 saturated heterocycles. The lowest BCUT2D eigenvalue weighted by Gasteiger charge is -2.02. The molecule has 4 nitrogen and oxygen atoms in total. The molecule has 0 spiro atoms. The summed E-state index contributed by atoms with van der Waals surface area (Å²) in [5.74, 6) is -0.263. The smallest absolute Gasteiger partial charge is 0.206 e. The third-order valence-corrected chi connectivity index (χ3v) is 1.69. The van der Waals surface area contributed by atoms with E-state index < -0.39 is 0 Å². The SMILES string of the molecule is CN(C)C=CC(=O)c1ncccc1C#N. The van der Waals surface area contributed by atoms with E-state index in [4.69, 9.17) is 5.26 Å². The molecule has 0 bridgehead atoms. The Hall–Kier alpha value is -2.15. The quantitative estimate of drug-likeness (QED) is 0.545. The Labute approximate surface area is 88.5 Å². The molecule has 76 valence electrons. The summed E-state index contributed by atoms with van der Waals surface area (Å²) in [5, 5.41) is 8.77. The van der Waals surface area contributed by atoms with Crippen LogP contribution in [0.5, 0.6) is 0 Å². The third kappa shape index (κ3) is 2.92. The zero-order chi connectivity index (χ0) is 11.3. The van der Waals surface area contributed by atoms with Gasteiger partial charge in [0.05, 0.1) is 5.56 Å². The van der Waals surface area contributed by atoms with Gasteiger partial charge in [-0.2, -0.15) is 5.26 Å².